The van der Waals surface area contributed by atoms with E-state index in [2.05, 4.69) is 37.1 Å². The Bertz CT molecular complexity index is 1130. The predicted octanol–water partition coefficient (Wildman–Crippen LogP) is 3.71. The zero-order valence-electron chi connectivity index (χ0n) is 20.2. The average molecular weight is 462 g/mol. The van der Waals surface area contributed by atoms with Crippen molar-refractivity contribution in [3.63, 3.8) is 0 Å². The van der Waals surface area contributed by atoms with Gasteiger partial charge in [0.25, 0.3) is 0 Å². The van der Waals surface area contributed by atoms with Crippen molar-refractivity contribution < 1.29 is 4.79 Å². The number of carbonyl (C=O) groups excluding carboxylic acids is 1. The van der Waals surface area contributed by atoms with Gasteiger partial charge in [-0.2, -0.15) is 10.2 Å². The Morgan fingerprint density at radius 1 is 0.941 bits per heavy atom. The molecular weight excluding hydrogens is 426 g/mol. The molecule has 2 aromatic rings. The number of likely N-dealkylation sites (tertiary alicyclic amines) is 2. The molecule has 180 valence electrons. The molecule has 8 heteroatoms. The number of hydrogen-bond acceptors (Lipinski definition) is 4. The third-order valence-corrected chi connectivity index (χ3v) is 9.63. The van der Waals surface area contributed by atoms with E-state index in [1.54, 1.807) is 0 Å². The van der Waals surface area contributed by atoms with E-state index < -0.39 is 0 Å². The zero-order chi connectivity index (χ0) is 22.7. The summed E-state index contributed by atoms with van der Waals surface area (Å²) in [6, 6.07) is 3.05. The smallest absolute Gasteiger partial charge is 0.320 e. The maximum absolute atomic E-state index is 13.0. The Morgan fingerprint density at radius 3 is 2.24 bits per heavy atom. The Hall–Kier alpha value is -2.38. The summed E-state index contributed by atoms with van der Waals surface area (Å²) in [5.41, 5.74) is 3.36. The number of carbonyl (C=O) groups is 1. The van der Waals surface area contributed by atoms with Crippen molar-refractivity contribution >= 4 is 6.03 Å². The van der Waals surface area contributed by atoms with Crippen LogP contribution in [0.4, 0.5) is 4.79 Å². The number of urea groups is 1. The summed E-state index contributed by atoms with van der Waals surface area (Å²) < 4.78 is 4.39. The minimum atomic E-state index is 0.277. The molecule has 0 N–H and O–H groups in total. The van der Waals surface area contributed by atoms with E-state index in [4.69, 9.17) is 10.2 Å². The molecule has 4 saturated carbocycles. The van der Waals surface area contributed by atoms with Crippen LogP contribution in [-0.2, 0) is 6.54 Å². The summed E-state index contributed by atoms with van der Waals surface area (Å²) in [7, 11) is 0. The van der Waals surface area contributed by atoms with Crippen molar-refractivity contribution in [1.82, 2.24) is 34.3 Å². The average Bonchev–Trinajstić information content (AvgIpc) is 3.63. The first kappa shape index (κ1) is 19.9. The van der Waals surface area contributed by atoms with Crippen LogP contribution in [0.3, 0.4) is 0 Å². The van der Waals surface area contributed by atoms with Gasteiger partial charge in [0, 0.05) is 61.1 Å². The van der Waals surface area contributed by atoms with E-state index in [0.29, 0.717) is 22.8 Å². The van der Waals surface area contributed by atoms with Crippen LogP contribution < -0.4 is 0 Å². The van der Waals surface area contributed by atoms with Gasteiger partial charge in [-0.3, -0.25) is 4.68 Å². The van der Waals surface area contributed by atoms with Gasteiger partial charge in [0.15, 0.2) is 5.82 Å². The topological polar surface area (TPSA) is 72.1 Å². The van der Waals surface area contributed by atoms with Gasteiger partial charge in [0.2, 0.25) is 0 Å². The highest BCUT2D eigenvalue weighted by Gasteiger charge is 2.58. The lowest BCUT2D eigenvalue weighted by Crippen LogP contribution is -2.71. The van der Waals surface area contributed by atoms with Crippen LogP contribution in [0.5, 0.6) is 0 Å². The summed E-state index contributed by atoms with van der Waals surface area (Å²) in [6.45, 7) is 6.97. The number of hydrogen-bond donors (Lipinski definition) is 0. The maximum Gasteiger partial charge on any atom is 0.320 e. The molecule has 0 radical (unpaired) electrons. The molecule has 34 heavy (non-hydrogen) atoms. The molecule has 4 heterocycles. The van der Waals surface area contributed by atoms with E-state index in [1.165, 1.54) is 44.2 Å². The molecule has 2 amide bonds. The third kappa shape index (κ3) is 3.09. The minimum Gasteiger partial charge on any atom is -0.323 e. The first-order valence-electron chi connectivity index (χ1n) is 13.5. The normalized spacial score (nSPS) is 27.4. The van der Waals surface area contributed by atoms with E-state index in [0.717, 1.165) is 68.9 Å². The van der Waals surface area contributed by atoms with Gasteiger partial charge < -0.3 is 9.80 Å². The Balaban J connectivity index is 0.796. The molecular formula is C26H35N7O. The second-order valence-corrected chi connectivity index (χ2v) is 12.9. The van der Waals surface area contributed by atoms with Crippen molar-refractivity contribution in [3.8, 4) is 0 Å². The highest BCUT2D eigenvalue weighted by Crippen LogP contribution is 2.56. The maximum atomic E-state index is 13.0. The number of rotatable bonds is 5. The Labute approximate surface area is 200 Å². The van der Waals surface area contributed by atoms with Gasteiger partial charge in [0.1, 0.15) is 6.33 Å². The molecule has 0 unspecified atom stereocenters. The van der Waals surface area contributed by atoms with E-state index >= 15 is 0 Å². The second kappa shape index (κ2) is 6.64. The minimum absolute atomic E-state index is 0.277. The molecule has 8 nitrogen and oxygen atoms in total. The van der Waals surface area contributed by atoms with Crippen molar-refractivity contribution in [2.75, 3.05) is 26.2 Å². The fraction of sp³-hybridized carbons (Fsp3) is 0.769. The first-order valence-corrected chi connectivity index (χ1v) is 13.5. The Kier molecular flexibility index (Phi) is 3.88. The number of amides is 2. The lowest BCUT2D eigenvalue weighted by molar-refractivity contribution is -0.109. The van der Waals surface area contributed by atoms with Gasteiger partial charge >= 0.3 is 6.03 Å². The lowest BCUT2D eigenvalue weighted by Gasteiger charge is -2.63. The molecule has 0 aromatic carbocycles. The van der Waals surface area contributed by atoms with Crippen LogP contribution in [0, 0.1) is 23.7 Å². The summed E-state index contributed by atoms with van der Waals surface area (Å²) in [5, 5.41) is 9.49. The van der Waals surface area contributed by atoms with E-state index in [-0.39, 0.29) is 6.03 Å². The molecule has 2 saturated heterocycles. The fourth-order valence-corrected chi connectivity index (χ4v) is 7.59. The molecule has 2 aromatic heterocycles. The van der Waals surface area contributed by atoms with Crippen LogP contribution in [0.25, 0.3) is 0 Å². The van der Waals surface area contributed by atoms with Crippen LogP contribution >= 0.6 is 0 Å². The number of aromatic nitrogens is 5. The van der Waals surface area contributed by atoms with Crippen LogP contribution in [-0.4, -0.2) is 66.6 Å². The van der Waals surface area contributed by atoms with Gasteiger partial charge in [-0.05, 0) is 70.3 Å². The number of nitrogens with zero attached hydrogens (tertiary/aromatic N) is 7. The molecule has 2 spiro atoms. The fourth-order valence-electron chi connectivity index (χ4n) is 7.59. The summed E-state index contributed by atoms with van der Waals surface area (Å²) in [6.07, 6.45) is 11.9. The van der Waals surface area contributed by atoms with Gasteiger partial charge in [-0.15, -0.1) is 0 Å². The molecule has 0 atom stereocenters. The monoisotopic (exact) mass is 461 g/mol. The first-order chi connectivity index (χ1) is 16.5. The largest absolute Gasteiger partial charge is 0.323 e. The highest BCUT2D eigenvalue weighted by molar-refractivity contribution is 5.77. The van der Waals surface area contributed by atoms with E-state index in [1.807, 2.05) is 6.33 Å². The molecule has 6 fully saturated rings. The highest BCUT2D eigenvalue weighted by atomic mass is 16.2. The van der Waals surface area contributed by atoms with Gasteiger partial charge in [-0.25, -0.2) is 14.5 Å². The summed E-state index contributed by atoms with van der Waals surface area (Å²) >= 11 is 0. The number of aryl methyl sites for hydroxylation is 1. The van der Waals surface area contributed by atoms with Crippen LogP contribution in [0.2, 0.25) is 0 Å². The van der Waals surface area contributed by atoms with Crippen LogP contribution in [0.15, 0.2) is 12.4 Å². The SMILES string of the molecule is Cc1cc(C2CC2)n(CC2CC3(C2)CN(C(=O)N2CC4(CC(n5cnc(C6CC6)n5)C4)C2)C3)n1. The van der Waals surface area contributed by atoms with Gasteiger partial charge in [-0.1, -0.05) is 0 Å². The van der Waals surface area contributed by atoms with Gasteiger partial charge in [0.05, 0.1) is 11.7 Å². The summed E-state index contributed by atoms with van der Waals surface area (Å²) in [4.78, 5) is 21.7. The van der Waals surface area contributed by atoms with Crippen LogP contribution in [0.1, 0.15) is 86.5 Å². The van der Waals surface area contributed by atoms with Crippen molar-refractivity contribution in [2.45, 2.75) is 82.7 Å². The van der Waals surface area contributed by atoms with E-state index in [9.17, 15) is 4.79 Å². The second-order valence-electron chi connectivity index (χ2n) is 12.9. The molecule has 4 aliphatic carbocycles. The molecule has 8 rings (SSSR count). The third-order valence-electron chi connectivity index (χ3n) is 9.63. The summed E-state index contributed by atoms with van der Waals surface area (Å²) in [5.74, 6) is 3.15. The van der Waals surface area contributed by atoms with Crippen molar-refractivity contribution in [3.05, 3.63) is 29.6 Å². The van der Waals surface area contributed by atoms with Crippen molar-refractivity contribution in [2.24, 2.45) is 16.7 Å². The molecule has 0 bridgehead atoms. The molecule has 6 aliphatic rings. The standard InChI is InChI=1S/C26H35N7O/c1-17-6-22(19-2-3-19)32(28-17)11-18-7-25(8-18)12-30(13-25)24(34)31-14-26(15-31)9-21(10-26)33-16-27-23(29-33)20-4-5-20/h6,16,18-21H,2-5,7-15H2,1H3. The zero-order valence-corrected chi connectivity index (χ0v) is 20.2. The van der Waals surface area contributed by atoms with Crippen molar-refractivity contribution in [1.29, 1.82) is 0 Å². The quantitative estimate of drug-likeness (QED) is 0.681. The predicted molar refractivity (Wildman–Crippen MR) is 125 cm³/mol. The lowest BCUT2D eigenvalue weighted by atomic mass is 9.57. The Morgan fingerprint density at radius 2 is 1.59 bits per heavy atom. The molecule has 2 aliphatic heterocycles.